The number of carbonyl (C=O) groups is 1. The van der Waals surface area contributed by atoms with Crippen LogP contribution in [-0.2, 0) is 5.54 Å². The van der Waals surface area contributed by atoms with E-state index in [9.17, 15) is 9.90 Å². The molecule has 2 aromatic rings. The molecule has 0 atom stereocenters. The van der Waals surface area contributed by atoms with Crippen molar-refractivity contribution < 1.29 is 9.90 Å². The zero-order chi connectivity index (χ0) is 15.3. The number of hydrogen-bond donors (Lipinski definition) is 0. The number of benzene rings is 2. The first kappa shape index (κ1) is 14.7. The van der Waals surface area contributed by atoms with E-state index in [2.05, 4.69) is 5.92 Å². The number of hydrogen-bond acceptors (Lipinski definition) is 2. The molecule has 106 valence electrons. The van der Waals surface area contributed by atoms with E-state index in [4.69, 9.17) is 6.42 Å². The van der Waals surface area contributed by atoms with Gasteiger partial charge in [-0.25, -0.2) is 0 Å². The Labute approximate surface area is 124 Å². The minimum Gasteiger partial charge on any atom is -0.530 e. The van der Waals surface area contributed by atoms with E-state index >= 15 is 0 Å². The Morgan fingerprint density at radius 3 is 1.81 bits per heavy atom. The lowest BCUT2D eigenvalue weighted by atomic mass is 9.82. The first-order valence-corrected chi connectivity index (χ1v) is 6.74. The van der Waals surface area contributed by atoms with Crippen LogP contribution in [0, 0.1) is 12.3 Å². The molecule has 3 heteroatoms. The standard InChI is InChI=1S/C18H17NO2/c1-3-18(19(4-2)17(20)21,15-11-7-5-8-12-15)16-13-9-6-10-14-16/h1,5-14H,4H2,2H3,(H,20,21)/p-1. The third-order valence-corrected chi connectivity index (χ3v) is 3.53. The van der Waals surface area contributed by atoms with Gasteiger partial charge in [0.2, 0.25) is 0 Å². The predicted molar refractivity (Wildman–Crippen MR) is 80.3 cm³/mol. The van der Waals surface area contributed by atoms with Gasteiger partial charge in [0.15, 0.2) is 5.54 Å². The van der Waals surface area contributed by atoms with Crippen LogP contribution in [0.25, 0.3) is 0 Å². The van der Waals surface area contributed by atoms with Crippen LogP contribution in [0.4, 0.5) is 4.79 Å². The van der Waals surface area contributed by atoms with E-state index in [-0.39, 0.29) is 6.54 Å². The number of terminal acetylenes is 1. The van der Waals surface area contributed by atoms with Crippen molar-refractivity contribution in [1.82, 2.24) is 4.90 Å². The Kier molecular flexibility index (Phi) is 4.30. The fourth-order valence-electron chi connectivity index (χ4n) is 2.58. The van der Waals surface area contributed by atoms with Crippen LogP contribution < -0.4 is 5.11 Å². The zero-order valence-corrected chi connectivity index (χ0v) is 11.8. The molecule has 2 rings (SSSR count). The molecule has 0 N–H and O–H groups in total. The molecule has 0 saturated heterocycles. The third kappa shape index (κ3) is 2.48. The third-order valence-electron chi connectivity index (χ3n) is 3.53. The van der Waals surface area contributed by atoms with Crippen molar-refractivity contribution in [3.8, 4) is 12.3 Å². The Hall–Kier alpha value is -2.73. The zero-order valence-electron chi connectivity index (χ0n) is 11.8. The van der Waals surface area contributed by atoms with E-state index in [0.29, 0.717) is 0 Å². The summed E-state index contributed by atoms with van der Waals surface area (Å²) in [7, 11) is 0. The number of nitrogens with zero attached hydrogens (tertiary/aromatic N) is 1. The molecule has 0 fully saturated rings. The van der Waals surface area contributed by atoms with Crippen molar-refractivity contribution in [2.45, 2.75) is 12.5 Å². The van der Waals surface area contributed by atoms with E-state index in [0.717, 1.165) is 11.1 Å². The Balaban J connectivity index is 2.75. The smallest absolute Gasteiger partial charge is 0.153 e. The SMILES string of the molecule is C#CC(c1ccccc1)(c1ccccc1)N(CC)C(=O)[O-]. The molecule has 0 saturated carbocycles. The summed E-state index contributed by atoms with van der Waals surface area (Å²) < 4.78 is 0. The molecule has 2 aromatic carbocycles. The molecule has 0 spiro atoms. The molecule has 1 amide bonds. The second kappa shape index (κ2) is 6.15. The van der Waals surface area contributed by atoms with Gasteiger partial charge in [0.1, 0.15) is 6.09 Å². The van der Waals surface area contributed by atoms with Crippen molar-refractivity contribution in [2.75, 3.05) is 6.54 Å². The van der Waals surface area contributed by atoms with Gasteiger partial charge in [-0.2, -0.15) is 0 Å². The fraction of sp³-hybridized carbons (Fsp3) is 0.167. The highest BCUT2D eigenvalue weighted by molar-refractivity contribution is 5.68. The van der Waals surface area contributed by atoms with Crippen molar-refractivity contribution in [1.29, 1.82) is 0 Å². The van der Waals surface area contributed by atoms with Crippen molar-refractivity contribution in [3.63, 3.8) is 0 Å². The first-order valence-electron chi connectivity index (χ1n) is 6.74. The summed E-state index contributed by atoms with van der Waals surface area (Å²) in [4.78, 5) is 12.8. The molecule has 0 radical (unpaired) electrons. The molecule has 3 nitrogen and oxygen atoms in total. The number of rotatable bonds is 4. The largest absolute Gasteiger partial charge is 0.530 e. The maximum atomic E-state index is 11.6. The van der Waals surface area contributed by atoms with E-state index in [1.807, 2.05) is 60.7 Å². The fourth-order valence-corrected chi connectivity index (χ4v) is 2.58. The minimum atomic E-state index is -1.29. The molecular weight excluding hydrogens is 262 g/mol. The van der Waals surface area contributed by atoms with Crippen LogP contribution in [0.15, 0.2) is 60.7 Å². The molecule has 0 unspecified atom stereocenters. The minimum absolute atomic E-state index is 0.232. The van der Waals surface area contributed by atoms with Gasteiger partial charge in [-0.1, -0.05) is 66.6 Å². The summed E-state index contributed by atoms with van der Waals surface area (Å²) in [6.45, 7) is 1.98. The number of carbonyl (C=O) groups excluding carboxylic acids is 1. The Bertz CT molecular complexity index is 604. The van der Waals surface area contributed by atoms with Crippen LogP contribution in [-0.4, -0.2) is 17.5 Å². The van der Waals surface area contributed by atoms with Crippen LogP contribution in [0.2, 0.25) is 0 Å². The average Bonchev–Trinajstić information content (AvgIpc) is 2.54. The van der Waals surface area contributed by atoms with E-state index in [1.54, 1.807) is 6.92 Å². The average molecular weight is 278 g/mol. The van der Waals surface area contributed by atoms with Gasteiger partial charge < -0.3 is 14.8 Å². The summed E-state index contributed by atoms with van der Waals surface area (Å²) in [5, 5.41) is 11.6. The Morgan fingerprint density at radius 1 is 1.10 bits per heavy atom. The van der Waals surface area contributed by atoms with Gasteiger partial charge in [-0.15, -0.1) is 6.42 Å². The molecule has 0 bridgehead atoms. The Morgan fingerprint density at radius 2 is 1.52 bits per heavy atom. The van der Waals surface area contributed by atoms with Crippen LogP contribution in [0.1, 0.15) is 18.1 Å². The van der Waals surface area contributed by atoms with Gasteiger partial charge >= 0.3 is 0 Å². The van der Waals surface area contributed by atoms with Gasteiger partial charge in [-0.3, -0.25) is 0 Å². The monoisotopic (exact) mass is 278 g/mol. The molecule has 0 aliphatic heterocycles. The quantitative estimate of drug-likeness (QED) is 0.805. The first-order chi connectivity index (χ1) is 10.2. The summed E-state index contributed by atoms with van der Waals surface area (Å²) in [6, 6.07) is 18.4. The highest BCUT2D eigenvalue weighted by Gasteiger charge is 2.38. The molecule has 21 heavy (non-hydrogen) atoms. The summed E-state index contributed by atoms with van der Waals surface area (Å²) in [6.07, 6.45) is 4.51. The highest BCUT2D eigenvalue weighted by Crippen LogP contribution is 2.35. The topological polar surface area (TPSA) is 43.4 Å². The lowest BCUT2D eigenvalue weighted by Gasteiger charge is -2.42. The highest BCUT2D eigenvalue weighted by atomic mass is 16.4. The van der Waals surface area contributed by atoms with Crippen molar-refractivity contribution in [3.05, 3.63) is 71.8 Å². The lowest BCUT2D eigenvalue weighted by Crippen LogP contribution is -2.54. The summed E-state index contributed by atoms with van der Waals surface area (Å²) in [5.74, 6) is 2.69. The van der Waals surface area contributed by atoms with Gasteiger partial charge in [-0.05, 0) is 18.1 Å². The maximum absolute atomic E-state index is 11.6. The van der Waals surface area contributed by atoms with E-state index in [1.165, 1.54) is 4.90 Å². The number of amides is 1. The normalized spacial score (nSPS) is 10.7. The van der Waals surface area contributed by atoms with Crippen LogP contribution >= 0.6 is 0 Å². The van der Waals surface area contributed by atoms with E-state index < -0.39 is 11.6 Å². The van der Waals surface area contributed by atoms with Crippen molar-refractivity contribution >= 4 is 6.09 Å². The second-order valence-corrected chi connectivity index (χ2v) is 4.60. The maximum Gasteiger partial charge on any atom is 0.153 e. The molecule has 0 aromatic heterocycles. The van der Waals surface area contributed by atoms with Gasteiger partial charge in [0.25, 0.3) is 0 Å². The second-order valence-electron chi connectivity index (χ2n) is 4.60. The molecule has 0 aliphatic rings. The molecule has 0 aliphatic carbocycles. The predicted octanol–water partition coefficient (Wildman–Crippen LogP) is 2.23. The van der Waals surface area contributed by atoms with Gasteiger partial charge in [0, 0.05) is 6.54 Å². The molecular formula is C18H16NO2-. The lowest BCUT2D eigenvalue weighted by molar-refractivity contribution is -0.269. The summed E-state index contributed by atoms with van der Waals surface area (Å²) in [5.41, 5.74) is 0.269. The van der Waals surface area contributed by atoms with Gasteiger partial charge in [0.05, 0.1) is 0 Å². The van der Waals surface area contributed by atoms with Crippen molar-refractivity contribution in [2.24, 2.45) is 0 Å². The van der Waals surface area contributed by atoms with Crippen LogP contribution in [0.3, 0.4) is 0 Å². The number of carboxylic acid groups (broad SMARTS) is 1. The summed E-state index contributed by atoms with van der Waals surface area (Å²) >= 11 is 0. The molecule has 0 heterocycles. The van der Waals surface area contributed by atoms with Crippen LogP contribution in [0.5, 0.6) is 0 Å².